The van der Waals surface area contributed by atoms with Crippen molar-refractivity contribution in [1.82, 2.24) is 9.97 Å². The minimum atomic E-state index is -0.484. The molecule has 0 aliphatic heterocycles. The van der Waals surface area contributed by atoms with Crippen molar-refractivity contribution < 1.29 is 19.0 Å². The number of aromatic nitrogens is 2. The first-order valence-corrected chi connectivity index (χ1v) is 14.9. The first kappa shape index (κ1) is 35.4. The molecule has 0 saturated carbocycles. The Bertz CT molecular complexity index is 1770. The number of fused-ring (bicyclic) bond motifs is 2. The topological polar surface area (TPSA) is 75.0 Å². The van der Waals surface area contributed by atoms with Crippen molar-refractivity contribution in [2.75, 3.05) is 7.11 Å². The van der Waals surface area contributed by atoms with Crippen LogP contribution in [0.2, 0.25) is 20.1 Å². The van der Waals surface area contributed by atoms with Gasteiger partial charge in [-0.15, -0.1) is 22.7 Å². The lowest BCUT2D eigenvalue weighted by Crippen LogP contribution is -3.00. The summed E-state index contributed by atoms with van der Waals surface area (Å²) in [4.78, 5) is 32.9. The standard InChI is InChI=1S/C14H9Cl2NOS.C8H6Cl2O2.C7H7NS.B.FH/c1-7-5-8-6-11(19-14(8)17-7)13(18)9-3-2-4-10(15)12(9)16;1-12-8(11)5-3-2-4-6(9)7(5)10;1-5-4-6-2-3-9-7(6)8-5;;/h2-6,17H,1H3;2-4H,1H3;2-4,8H,1H3;;1H/p-1. The summed E-state index contributed by atoms with van der Waals surface area (Å²) in [5.41, 5.74) is 3.05. The molecular weight excluding hydrogens is 660 g/mol. The van der Waals surface area contributed by atoms with Crippen LogP contribution in [0.1, 0.15) is 37.0 Å². The number of ether oxygens (including phenoxy) is 1. The van der Waals surface area contributed by atoms with E-state index in [-0.39, 0.29) is 29.5 Å². The van der Waals surface area contributed by atoms with E-state index in [4.69, 9.17) is 46.4 Å². The summed E-state index contributed by atoms with van der Waals surface area (Å²) in [5.74, 6) is -0.581. The molecule has 6 rings (SSSR count). The summed E-state index contributed by atoms with van der Waals surface area (Å²) < 4.78 is 4.49. The molecule has 0 aliphatic rings. The molecule has 5 nitrogen and oxygen atoms in total. The molecular formula is C29H22BCl4FN2O3S2-. The van der Waals surface area contributed by atoms with E-state index in [0.29, 0.717) is 25.5 Å². The van der Waals surface area contributed by atoms with Crippen LogP contribution in [0.4, 0.5) is 0 Å². The first-order valence-electron chi connectivity index (χ1n) is 11.7. The Morgan fingerprint density at radius 1 is 0.762 bits per heavy atom. The summed E-state index contributed by atoms with van der Waals surface area (Å²) >= 11 is 26.6. The van der Waals surface area contributed by atoms with Gasteiger partial charge in [0.25, 0.3) is 0 Å². The number of nitrogens with one attached hydrogen (secondary N) is 2. The van der Waals surface area contributed by atoms with Gasteiger partial charge in [0.15, 0.2) is 0 Å². The van der Waals surface area contributed by atoms with Gasteiger partial charge in [-0.1, -0.05) is 58.5 Å². The fourth-order valence-corrected chi connectivity index (χ4v) is 6.39. The molecule has 3 radical (unpaired) electrons. The smallest absolute Gasteiger partial charge is 0.339 e. The maximum Gasteiger partial charge on any atom is 0.339 e. The number of rotatable bonds is 3. The Balaban J connectivity index is 0.000000232. The van der Waals surface area contributed by atoms with Gasteiger partial charge in [-0.2, -0.15) is 0 Å². The number of hydrogen-bond donors (Lipinski definition) is 2. The predicted molar refractivity (Wildman–Crippen MR) is 175 cm³/mol. The molecule has 217 valence electrons. The second-order valence-electron chi connectivity index (χ2n) is 8.53. The lowest BCUT2D eigenvalue weighted by atomic mass is 10.1. The average molecular weight is 682 g/mol. The Morgan fingerprint density at radius 2 is 1.31 bits per heavy atom. The van der Waals surface area contributed by atoms with Crippen LogP contribution in [-0.2, 0) is 4.74 Å². The molecule has 0 bridgehead atoms. The molecule has 0 fully saturated rings. The zero-order valence-electron chi connectivity index (χ0n) is 22.4. The minimum Gasteiger partial charge on any atom is -1.00 e. The van der Waals surface area contributed by atoms with E-state index in [2.05, 4.69) is 39.1 Å². The second-order valence-corrected chi connectivity index (χ2v) is 12.1. The number of thiophene rings is 2. The van der Waals surface area contributed by atoms with Gasteiger partial charge in [-0.25, -0.2) is 4.79 Å². The third-order valence-corrected chi connectivity index (χ3v) is 9.15. The van der Waals surface area contributed by atoms with E-state index in [0.717, 1.165) is 15.9 Å². The van der Waals surface area contributed by atoms with Gasteiger partial charge in [0.2, 0.25) is 5.78 Å². The number of halogens is 5. The molecule has 0 spiro atoms. The van der Waals surface area contributed by atoms with Crippen molar-refractivity contribution in [1.29, 1.82) is 0 Å². The maximum absolute atomic E-state index is 12.4. The van der Waals surface area contributed by atoms with Crippen LogP contribution in [0.25, 0.3) is 20.4 Å². The Kier molecular flexibility index (Phi) is 13.2. The van der Waals surface area contributed by atoms with Crippen molar-refractivity contribution in [3.05, 3.63) is 114 Å². The van der Waals surface area contributed by atoms with E-state index >= 15 is 0 Å². The SMILES string of the molecule is COC(=O)c1cccc(Cl)c1Cl.Cc1cc2cc(C(=O)c3cccc(Cl)c3Cl)sc2[nH]1.Cc1cc2ccsc2[nH]1.[B].[F-]. The zero-order chi connectivity index (χ0) is 29.0. The fraction of sp³-hybridized carbons (Fsp3) is 0.103. The molecule has 42 heavy (non-hydrogen) atoms. The van der Waals surface area contributed by atoms with Crippen LogP contribution in [0.15, 0.2) is 66.0 Å². The summed E-state index contributed by atoms with van der Waals surface area (Å²) in [6.45, 7) is 4.06. The summed E-state index contributed by atoms with van der Waals surface area (Å²) in [6.07, 6.45) is 0. The van der Waals surface area contributed by atoms with Gasteiger partial charge in [-0.3, -0.25) is 4.79 Å². The van der Waals surface area contributed by atoms with Crippen molar-refractivity contribution in [3.63, 3.8) is 0 Å². The predicted octanol–water partition coefficient (Wildman–Crippen LogP) is 7.02. The van der Waals surface area contributed by atoms with Crippen molar-refractivity contribution in [2.24, 2.45) is 0 Å². The number of hydrogen-bond acceptors (Lipinski definition) is 5. The number of carbonyl (C=O) groups excluding carboxylic acids is 2. The Hall–Kier alpha value is -2.79. The van der Waals surface area contributed by atoms with Crippen molar-refractivity contribution in [3.8, 4) is 0 Å². The third kappa shape index (κ3) is 8.19. The van der Waals surface area contributed by atoms with Gasteiger partial charge in [-0.05, 0) is 67.8 Å². The van der Waals surface area contributed by atoms with Crippen LogP contribution in [0.3, 0.4) is 0 Å². The molecule has 0 unspecified atom stereocenters. The van der Waals surface area contributed by atoms with E-state index in [1.807, 2.05) is 19.1 Å². The lowest BCUT2D eigenvalue weighted by molar-refractivity contribution is -0.0000295. The molecule has 0 atom stereocenters. The lowest BCUT2D eigenvalue weighted by Gasteiger charge is -2.02. The van der Waals surface area contributed by atoms with E-state index in [1.54, 1.807) is 47.7 Å². The molecule has 2 N–H and O–H groups in total. The molecule has 0 saturated heterocycles. The second kappa shape index (κ2) is 15.6. The monoisotopic (exact) mass is 680 g/mol. The van der Waals surface area contributed by atoms with Crippen LogP contribution in [-0.4, -0.2) is 37.2 Å². The van der Waals surface area contributed by atoms with E-state index in [1.165, 1.54) is 34.4 Å². The maximum atomic E-state index is 12.4. The van der Waals surface area contributed by atoms with Gasteiger partial charge in [0.05, 0.1) is 42.5 Å². The summed E-state index contributed by atoms with van der Waals surface area (Å²) in [7, 11) is 1.29. The van der Waals surface area contributed by atoms with Gasteiger partial charge >= 0.3 is 5.97 Å². The van der Waals surface area contributed by atoms with Crippen LogP contribution < -0.4 is 4.70 Å². The van der Waals surface area contributed by atoms with Crippen LogP contribution >= 0.6 is 69.1 Å². The molecule has 13 heteroatoms. The van der Waals surface area contributed by atoms with Crippen molar-refractivity contribution >= 4 is 110 Å². The average Bonchev–Trinajstić information content (AvgIpc) is 3.68. The Labute approximate surface area is 271 Å². The van der Waals surface area contributed by atoms with Gasteiger partial charge < -0.3 is 19.4 Å². The number of esters is 1. The quantitative estimate of drug-likeness (QED) is 0.120. The highest BCUT2D eigenvalue weighted by atomic mass is 35.5. The molecule has 2 aromatic carbocycles. The van der Waals surface area contributed by atoms with Gasteiger partial charge in [0, 0.05) is 36.1 Å². The highest BCUT2D eigenvalue weighted by molar-refractivity contribution is 7.20. The number of aryl methyl sites for hydroxylation is 2. The van der Waals surface area contributed by atoms with E-state index < -0.39 is 5.97 Å². The number of benzene rings is 2. The highest BCUT2D eigenvalue weighted by Gasteiger charge is 2.18. The number of carbonyl (C=O) groups is 2. The number of methoxy groups -OCH3 is 1. The molecule has 0 amide bonds. The third-order valence-electron chi connectivity index (χ3n) is 5.60. The van der Waals surface area contributed by atoms with E-state index in [9.17, 15) is 9.59 Å². The zero-order valence-corrected chi connectivity index (χ0v) is 27.0. The molecule has 4 heterocycles. The summed E-state index contributed by atoms with van der Waals surface area (Å²) in [5, 5.41) is 5.75. The highest BCUT2D eigenvalue weighted by Crippen LogP contribution is 2.32. The molecule has 0 aliphatic carbocycles. The summed E-state index contributed by atoms with van der Waals surface area (Å²) in [6, 6.07) is 18.1. The van der Waals surface area contributed by atoms with Gasteiger partial charge in [0.1, 0.15) is 4.83 Å². The number of aromatic amines is 2. The number of H-pyrrole nitrogens is 2. The molecule has 4 aromatic heterocycles. The first-order chi connectivity index (χ1) is 19.1. The van der Waals surface area contributed by atoms with Crippen LogP contribution in [0.5, 0.6) is 0 Å². The minimum absolute atomic E-state index is 0. The number of ketones is 1. The molecule has 6 aromatic rings. The largest absolute Gasteiger partial charge is 1.00 e. The van der Waals surface area contributed by atoms with Crippen molar-refractivity contribution in [2.45, 2.75) is 13.8 Å². The Morgan fingerprint density at radius 3 is 1.88 bits per heavy atom. The fourth-order valence-electron chi connectivity index (χ4n) is 3.74. The normalized spacial score (nSPS) is 10.1. The van der Waals surface area contributed by atoms with Crippen LogP contribution in [0, 0.1) is 13.8 Å².